The van der Waals surface area contributed by atoms with E-state index in [4.69, 9.17) is 9.47 Å². The smallest absolute Gasteiger partial charge is 0.342 e. The average molecular weight is 421 g/mol. The first kappa shape index (κ1) is 21.8. The molecule has 1 N–H and O–H groups in total. The van der Waals surface area contributed by atoms with Crippen LogP contribution in [0.4, 0.5) is 5.69 Å². The Labute approximate surface area is 179 Å². The van der Waals surface area contributed by atoms with Crippen molar-refractivity contribution < 1.29 is 23.9 Å². The summed E-state index contributed by atoms with van der Waals surface area (Å²) in [6.07, 6.45) is 0. The second kappa shape index (κ2) is 9.71. The molecule has 0 fully saturated rings. The van der Waals surface area contributed by atoms with Crippen molar-refractivity contribution in [2.24, 2.45) is 0 Å². The summed E-state index contributed by atoms with van der Waals surface area (Å²) in [6.45, 7) is 5.05. The van der Waals surface area contributed by atoms with E-state index in [0.29, 0.717) is 28.2 Å². The molecule has 3 aromatic rings. The summed E-state index contributed by atoms with van der Waals surface area (Å²) >= 11 is 0. The van der Waals surface area contributed by atoms with Crippen molar-refractivity contribution in [3.05, 3.63) is 77.1 Å². The summed E-state index contributed by atoms with van der Waals surface area (Å²) in [5.41, 5.74) is 3.15. The Bertz CT molecular complexity index is 1090. The second-order valence-electron chi connectivity index (χ2n) is 6.72. The van der Waals surface area contributed by atoms with E-state index >= 15 is 0 Å². The molecule has 8 nitrogen and oxygen atoms in total. The van der Waals surface area contributed by atoms with Gasteiger partial charge in [0, 0.05) is 5.69 Å². The molecule has 8 heteroatoms. The van der Waals surface area contributed by atoms with Gasteiger partial charge in [-0.05, 0) is 57.2 Å². The number of hydrogen-bond acceptors (Lipinski definition) is 6. The van der Waals surface area contributed by atoms with Crippen LogP contribution >= 0.6 is 0 Å². The molecule has 0 radical (unpaired) electrons. The minimum atomic E-state index is -0.620. The standard InChI is InChI=1S/C23H23N3O5/c1-4-30-22(28)17-10-12-18(13-11-17)24-20(27)14-31-23(29)21-15(2)25-26(16(21)3)19-8-6-5-7-9-19/h5-13H,4,14H2,1-3H3,(H,24,27). The van der Waals surface area contributed by atoms with Gasteiger partial charge in [0.15, 0.2) is 6.61 Å². The summed E-state index contributed by atoms with van der Waals surface area (Å²) in [5.74, 6) is -1.55. The maximum Gasteiger partial charge on any atom is 0.342 e. The van der Waals surface area contributed by atoms with Gasteiger partial charge >= 0.3 is 11.9 Å². The van der Waals surface area contributed by atoms with Crippen LogP contribution in [0.15, 0.2) is 54.6 Å². The van der Waals surface area contributed by atoms with E-state index in [-0.39, 0.29) is 6.61 Å². The van der Waals surface area contributed by atoms with Crippen LogP contribution < -0.4 is 5.32 Å². The number of carbonyl (C=O) groups excluding carboxylic acids is 3. The van der Waals surface area contributed by atoms with E-state index in [9.17, 15) is 14.4 Å². The molecule has 0 saturated heterocycles. The lowest BCUT2D eigenvalue weighted by Gasteiger charge is -2.08. The third-order valence-electron chi connectivity index (χ3n) is 4.51. The van der Waals surface area contributed by atoms with Crippen LogP contribution in [0.25, 0.3) is 5.69 Å². The van der Waals surface area contributed by atoms with Crippen molar-refractivity contribution in [3.63, 3.8) is 0 Å². The second-order valence-corrected chi connectivity index (χ2v) is 6.72. The van der Waals surface area contributed by atoms with E-state index in [2.05, 4.69) is 10.4 Å². The van der Waals surface area contributed by atoms with Crippen molar-refractivity contribution >= 4 is 23.5 Å². The Morgan fingerprint density at radius 2 is 1.61 bits per heavy atom. The van der Waals surface area contributed by atoms with E-state index in [1.165, 1.54) is 0 Å². The monoisotopic (exact) mass is 421 g/mol. The summed E-state index contributed by atoms with van der Waals surface area (Å²) in [5, 5.41) is 7.03. The van der Waals surface area contributed by atoms with Crippen LogP contribution in [0, 0.1) is 13.8 Å². The Hall–Kier alpha value is -3.94. The van der Waals surface area contributed by atoms with Crippen LogP contribution in [0.5, 0.6) is 0 Å². The molecule has 0 aliphatic carbocycles. The zero-order valence-corrected chi connectivity index (χ0v) is 17.5. The van der Waals surface area contributed by atoms with E-state index < -0.39 is 24.5 Å². The highest BCUT2D eigenvalue weighted by atomic mass is 16.5. The lowest BCUT2D eigenvalue weighted by molar-refractivity contribution is -0.119. The number of esters is 2. The van der Waals surface area contributed by atoms with Gasteiger partial charge in [-0.25, -0.2) is 14.3 Å². The highest BCUT2D eigenvalue weighted by Gasteiger charge is 2.21. The van der Waals surface area contributed by atoms with Crippen molar-refractivity contribution in [3.8, 4) is 5.69 Å². The number of anilines is 1. The van der Waals surface area contributed by atoms with Crippen molar-refractivity contribution in [2.75, 3.05) is 18.5 Å². The number of ether oxygens (including phenoxy) is 2. The topological polar surface area (TPSA) is 99.5 Å². The van der Waals surface area contributed by atoms with Crippen molar-refractivity contribution in [2.45, 2.75) is 20.8 Å². The number of nitrogens with one attached hydrogen (secondary N) is 1. The SMILES string of the molecule is CCOC(=O)c1ccc(NC(=O)COC(=O)c2c(C)nn(-c3ccccc3)c2C)cc1. The molecule has 0 unspecified atom stereocenters. The number of amides is 1. The third kappa shape index (κ3) is 5.16. The predicted molar refractivity (Wildman–Crippen MR) is 114 cm³/mol. The number of rotatable bonds is 7. The van der Waals surface area contributed by atoms with Gasteiger partial charge in [-0.1, -0.05) is 18.2 Å². The van der Waals surface area contributed by atoms with Crippen LogP contribution in [0.3, 0.4) is 0 Å². The highest BCUT2D eigenvalue weighted by Crippen LogP contribution is 2.19. The van der Waals surface area contributed by atoms with Crippen LogP contribution in [0.1, 0.15) is 39.0 Å². The van der Waals surface area contributed by atoms with Gasteiger partial charge in [0.05, 0.1) is 29.2 Å². The molecule has 1 amide bonds. The van der Waals surface area contributed by atoms with Gasteiger partial charge in [0.2, 0.25) is 0 Å². The van der Waals surface area contributed by atoms with E-state index in [1.54, 1.807) is 49.7 Å². The minimum absolute atomic E-state index is 0.284. The normalized spacial score (nSPS) is 10.4. The number of benzene rings is 2. The van der Waals surface area contributed by atoms with Gasteiger partial charge in [0.1, 0.15) is 5.56 Å². The molecule has 160 valence electrons. The Morgan fingerprint density at radius 1 is 0.935 bits per heavy atom. The van der Waals surface area contributed by atoms with Gasteiger partial charge in [0.25, 0.3) is 5.91 Å². The molecule has 3 rings (SSSR count). The molecule has 31 heavy (non-hydrogen) atoms. The number of carbonyl (C=O) groups is 3. The molecule has 0 spiro atoms. The van der Waals surface area contributed by atoms with E-state index in [1.807, 2.05) is 30.3 Å². The molecule has 0 bridgehead atoms. The Kier molecular flexibility index (Phi) is 6.81. The minimum Gasteiger partial charge on any atom is -0.462 e. The summed E-state index contributed by atoms with van der Waals surface area (Å²) in [7, 11) is 0. The fourth-order valence-electron chi connectivity index (χ4n) is 3.06. The summed E-state index contributed by atoms with van der Waals surface area (Å²) in [6, 6.07) is 15.7. The quantitative estimate of drug-likeness (QED) is 0.587. The van der Waals surface area contributed by atoms with Gasteiger partial charge in [-0.15, -0.1) is 0 Å². The van der Waals surface area contributed by atoms with Crippen molar-refractivity contribution in [1.82, 2.24) is 9.78 Å². The number of aromatic nitrogens is 2. The van der Waals surface area contributed by atoms with Gasteiger partial charge in [-0.2, -0.15) is 5.10 Å². The number of hydrogen-bond donors (Lipinski definition) is 1. The zero-order chi connectivity index (χ0) is 22.4. The third-order valence-corrected chi connectivity index (χ3v) is 4.51. The highest BCUT2D eigenvalue weighted by molar-refractivity contribution is 5.97. The molecule has 0 aliphatic heterocycles. The fourth-order valence-corrected chi connectivity index (χ4v) is 3.06. The molecule has 1 aromatic heterocycles. The lowest BCUT2D eigenvalue weighted by atomic mass is 10.2. The molecule has 0 saturated carbocycles. The summed E-state index contributed by atoms with van der Waals surface area (Å²) < 4.78 is 11.8. The largest absolute Gasteiger partial charge is 0.462 e. The fraction of sp³-hybridized carbons (Fsp3) is 0.217. The maximum absolute atomic E-state index is 12.6. The van der Waals surface area contributed by atoms with Crippen LogP contribution in [-0.2, 0) is 14.3 Å². The zero-order valence-electron chi connectivity index (χ0n) is 17.5. The summed E-state index contributed by atoms with van der Waals surface area (Å²) in [4.78, 5) is 36.4. The predicted octanol–water partition coefficient (Wildman–Crippen LogP) is 3.46. The molecule has 0 aliphatic rings. The number of nitrogens with zero attached hydrogens (tertiary/aromatic N) is 2. The first-order valence-electron chi connectivity index (χ1n) is 9.76. The van der Waals surface area contributed by atoms with E-state index in [0.717, 1.165) is 5.69 Å². The van der Waals surface area contributed by atoms with Crippen molar-refractivity contribution in [1.29, 1.82) is 0 Å². The average Bonchev–Trinajstić information content (AvgIpc) is 3.07. The molecular formula is C23H23N3O5. The molecule has 0 atom stereocenters. The lowest BCUT2D eigenvalue weighted by Crippen LogP contribution is -2.21. The molecule has 1 heterocycles. The first-order valence-corrected chi connectivity index (χ1v) is 9.76. The molecular weight excluding hydrogens is 398 g/mol. The Balaban J connectivity index is 1.60. The maximum atomic E-state index is 12.6. The van der Waals surface area contributed by atoms with Crippen LogP contribution in [-0.4, -0.2) is 40.8 Å². The van der Waals surface area contributed by atoms with Gasteiger partial charge in [-0.3, -0.25) is 4.79 Å². The number of aryl methyl sites for hydroxylation is 1. The first-order chi connectivity index (χ1) is 14.9. The van der Waals surface area contributed by atoms with Crippen LogP contribution in [0.2, 0.25) is 0 Å². The Morgan fingerprint density at radius 3 is 2.26 bits per heavy atom. The van der Waals surface area contributed by atoms with Gasteiger partial charge < -0.3 is 14.8 Å². The number of para-hydroxylation sites is 1. The molecule has 2 aromatic carbocycles.